The van der Waals surface area contributed by atoms with Crippen molar-refractivity contribution in [2.24, 2.45) is 0 Å². The van der Waals surface area contributed by atoms with Crippen molar-refractivity contribution in [1.82, 2.24) is 24.6 Å². The van der Waals surface area contributed by atoms with E-state index in [-0.39, 0.29) is 22.9 Å². The third-order valence-corrected chi connectivity index (χ3v) is 5.56. The van der Waals surface area contributed by atoms with Crippen LogP contribution in [0.4, 0.5) is 10.2 Å². The molecule has 3 heterocycles. The van der Waals surface area contributed by atoms with E-state index in [1.807, 2.05) is 26.0 Å². The van der Waals surface area contributed by atoms with Gasteiger partial charge in [-0.2, -0.15) is 5.10 Å². The van der Waals surface area contributed by atoms with E-state index in [1.165, 1.54) is 18.5 Å². The Morgan fingerprint density at radius 3 is 2.50 bits per heavy atom. The van der Waals surface area contributed by atoms with Gasteiger partial charge in [0.05, 0.1) is 12.1 Å². The van der Waals surface area contributed by atoms with E-state index in [4.69, 9.17) is 11.6 Å². The summed E-state index contributed by atoms with van der Waals surface area (Å²) in [5.74, 6) is 0.912. The maximum Gasteiger partial charge on any atom is 0.227 e. The second kappa shape index (κ2) is 8.39. The van der Waals surface area contributed by atoms with Crippen molar-refractivity contribution in [2.75, 3.05) is 31.1 Å². The normalized spacial score (nSPS) is 14.3. The molecule has 0 bridgehead atoms. The van der Waals surface area contributed by atoms with Crippen LogP contribution in [0.25, 0.3) is 5.82 Å². The maximum atomic E-state index is 14.0. The molecule has 7 nitrogen and oxygen atoms in total. The quantitative estimate of drug-likeness (QED) is 0.639. The first-order chi connectivity index (χ1) is 14.4. The number of aromatic nitrogens is 4. The summed E-state index contributed by atoms with van der Waals surface area (Å²) in [7, 11) is 0. The monoisotopic (exact) mass is 428 g/mol. The van der Waals surface area contributed by atoms with Crippen molar-refractivity contribution in [3.8, 4) is 5.82 Å². The SMILES string of the molecule is Cc1cc(C)n(-c2cc(N3CCN(C(=O)Cc4c(F)cccc4Cl)CC3)ncn2)n1. The Balaban J connectivity index is 1.42. The molecule has 3 aromatic rings. The van der Waals surface area contributed by atoms with Crippen molar-refractivity contribution in [3.63, 3.8) is 0 Å². The molecule has 1 saturated heterocycles. The lowest BCUT2D eigenvalue weighted by Gasteiger charge is -2.35. The van der Waals surface area contributed by atoms with E-state index >= 15 is 0 Å². The number of piperazine rings is 1. The van der Waals surface area contributed by atoms with Crippen molar-refractivity contribution in [2.45, 2.75) is 20.3 Å². The lowest BCUT2D eigenvalue weighted by Crippen LogP contribution is -2.49. The van der Waals surface area contributed by atoms with Crippen LogP contribution in [0.2, 0.25) is 5.02 Å². The number of carbonyl (C=O) groups excluding carboxylic acids is 1. The Hall–Kier alpha value is -3.00. The average molecular weight is 429 g/mol. The van der Waals surface area contributed by atoms with Gasteiger partial charge in [0.25, 0.3) is 0 Å². The number of anilines is 1. The van der Waals surface area contributed by atoms with Gasteiger partial charge in [-0.3, -0.25) is 4.79 Å². The second-order valence-electron chi connectivity index (χ2n) is 7.32. The van der Waals surface area contributed by atoms with Gasteiger partial charge in [0.2, 0.25) is 5.91 Å². The topological polar surface area (TPSA) is 67.2 Å². The fraction of sp³-hybridized carbons (Fsp3) is 0.333. The van der Waals surface area contributed by atoms with Crippen molar-refractivity contribution >= 4 is 23.3 Å². The van der Waals surface area contributed by atoms with Gasteiger partial charge in [0, 0.05) is 48.5 Å². The Morgan fingerprint density at radius 2 is 1.83 bits per heavy atom. The zero-order chi connectivity index (χ0) is 21.3. The highest BCUT2D eigenvalue weighted by molar-refractivity contribution is 6.31. The van der Waals surface area contributed by atoms with E-state index in [9.17, 15) is 9.18 Å². The molecule has 156 valence electrons. The first kappa shape index (κ1) is 20.3. The zero-order valence-corrected chi connectivity index (χ0v) is 17.6. The Labute approximate surface area is 179 Å². The summed E-state index contributed by atoms with van der Waals surface area (Å²) in [6, 6.07) is 8.35. The highest BCUT2D eigenvalue weighted by Crippen LogP contribution is 2.21. The summed E-state index contributed by atoms with van der Waals surface area (Å²) in [4.78, 5) is 25.2. The fourth-order valence-corrected chi connectivity index (χ4v) is 3.87. The van der Waals surface area contributed by atoms with Crippen LogP contribution in [0.5, 0.6) is 0 Å². The minimum Gasteiger partial charge on any atom is -0.353 e. The van der Waals surface area contributed by atoms with Crippen molar-refractivity contribution in [1.29, 1.82) is 0 Å². The standard InChI is InChI=1S/C21H22ClFN6O/c1-14-10-15(2)29(26-14)20-12-19(24-13-25-20)27-6-8-28(9-7-27)21(30)11-16-17(22)4-3-5-18(16)23/h3-5,10,12-13H,6-9,11H2,1-2H3. The number of carbonyl (C=O) groups is 1. The predicted molar refractivity (Wildman–Crippen MR) is 113 cm³/mol. The Kier molecular flexibility index (Phi) is 5.67. The van der Waals surface area contributed by atoms with Gasteiger partial charge in [0.15, 0.2) is 5.82 Å². The van der Waals surface area contributed by atoms with Gasteiger partial charge < -0.3 is 9.80 Å². The summed E-state index contributed by atoms with van der Waals surface area (Å²) >= 11 is 6.05. The number of aryl methyl sites for hydroxylation is 2. The Morgan fingerprint density at radius 1 is 1.10 bits per heavy atom. The summed E-state index contributed by atoms with van der Waals surface area (Å²) in [6.45, 7) is 6.24. The van der Waals surface area contributed by atoms with Gasteiger partial charge in [-0.1, -0.05) is 17.7 Å². The number of halogens is 2. The van der Waals surface area contributed by atoms with Gasteiger partial charge in [-0.25, -0.2) is 19.0 Å². The van der Waals surface area contributed by atoms with E-state index in [0.29, 0.717) is 32.0 Å². The molecule has 0 radical (unpaired) electrons. The molecule has 30 heavy (non-hydrogen) atoms. The van der Waals surface area contributed by atoms with Crippen LogP contribution >= 0.6 is 11.6 Å². The van der Waals surface area contributed by atoms with Gasteiger partial charge in [0.1, 0.15) is 18.0 Å². The maximum absolute atomic E-state index is 14.0. The summed E-state index contributed by atoms with van der Waals surface area (Å²) < 4.78 is 15.8. The predicted octanol–water partition coefficient (Wildman–Crippen LogP) is 2.96. The minimum absolute atomic E-state index is 0.0406. The van der Waals surface area contributed by atoms with E-state index < -0.39 is 5.82 Å². The molecule has 0 aliphatic carbocycles. The molecular weight excluding hydrogens is 407 g/mol. The first-order valence-corrected chi connectivity index (χ1v) is 10.1. The molecular formula is C21H22ClFN6O. The third-order valence-electron chi connectivity index (χ3n) is 5.21. The van der Waals surface area contributed by atoms with Gasteiger partial charge >= 0.3 is 0 Å². The zero-order valence-electron chi connectivity index (χ0n) is 16.8. The molecule has 0 atom stereocenters. The van der Waals surface area contributed by atoms with Crippen molar-refractivity contribution < 1.29 is 9.18 Å². The average Bonchev–Trinajstić information content (AvgIpc) is 3.09. The minimum atomic E-state index is -0.452. The van der Waals surface area contributed by atoms with E-state index in [2.05, 4.69) is 20.0 Å². The molecule has 1 amide bonds. The summed E-state index contributed by atoms with van der Waals surface area (Å²) in [5, 5.41) is 4.75. The van der Waals surface area contributed by atoms with Gasteiger partial charge in [-0.05, 0) is 32.0 Å². The van der Waals surface area contributed by atoms with Crippen LogP contribution in [0.15, 0.2) is 36.7 Å². The molecule has 0 spiro atoms. The largest absolute Gasteiger partial charge is 0.353 e. The Bertz CT molecular complexity index is 1060. The first-order valence-electron chi connectivity index (χ1n) is 9.73. The van der Waals surface area contributed by atoms with E-state index in [1.54, 1.807) is 15.6 Å². The highest BCUT2D eigenvalue weighted by Gasteiger charge is 2.24. The lowest BCUT2D eigenvalue weighted by atomic mass is 10.1. The number of amides is 1. The van der Waals surface area contributed by atoms with Crippen LogP contribution in [0.1, 0.15) is 17.0 Å². The number of rotatable bonds is 4. The van der Waals surface area contributed by atoms with Crippen LogP contribution in [0.3, 0.4) is 0 Å². The van der Waals surface area contributed by atoms with Crippen LogP contribution in [0, 0.1) is 19.7 Å². The fourth-order valence-electron chi connectivity index (χ4n) is 3.64. The smallest absolute Gasteiger partial charge is 0.227 e. The molecule has 1 aromatic carbocycles. The van der Waals surface area contributed by atoms with Crippen molar-refractivity contribution in [3.05, 3.63) is 64.5 Å². The molecule has 0 N–H and O–H groups in total. The molecule has 1 aliphatic rings. The van der Waals surface area contributed by atoms with Crippen LogP contribution < -0.4 is 4.90 Å². The molecule has 1 fully saturated rings. The molecule has 1 aliphatic heterocycles. The van der Waals surface area contributed by atoms with Gasteiger partial charge in [-0.15, -0.1) is 0 Å². The molecule has 2 aromatic heterocycles. The lowest BCUT2D eigenvalue weighted by molar-refractivity contribution is -0.130. The third kappa shape index (κ3) is 4.14. The van der Waals surface area contributed by atoms with E-state index in [0.717, 1.165) is 17.2 Å². The number of hydrogen-bond acceptors (Lipinski definition) is 5. The highest BCUT2D eigenvalue weighted by atomic mass is 35.5. The molecule has 4 rings (SSSR count). The molecule has 0 saturated carbocycles. The van der Waals surface area contributed by atoms with Crippen LogP contribution in [-0.4, -0.2) is 56.7 Å². The number of benzene rings is 1. The molecule has 9 heteroatoms. The molecule has 0 unspecified atom stereocenters. The summed E-state index contributed by atoms with van der Waals surface area (Å²) in [5.41, 5.74) is 2.17. The van der Waals surface area contributed by atoms with Crippen LogP contribution in [-0.2, 0) is 11.2 Å². The summed E-state index contributed by atoms with van der Waals surface area (Å²) in [6.07, 6.45) is 1.49. The second-order valence-corrected chi connectivity index (χ2v) is 7.73. The number of nitrogens with zero attached hydrogens (tertiary/aromatic N) is 6. The number of hydrogen-bond donors (Lipinski definition) is 0.